The van der Waals surface area contributed by atoms with Crippen molar-refractivity contribution < 1.29 is 28.0 Å². The second kappa shape index (κ2) is 14.8. The Labute approximate surface area is 173 Å². The van der Waals surface area contributed by atoms with Gasteiger partial charge in [-0.2, -0.15) is 0 Å². The van der Waals surface area contributed by atoms with Crippen LogP contribution >= 0.6 is 0 Å². The van der Waals surface area contributed by atoms with Gasteiger partial charge in [-0.3, -0.25) is 9.59 Å². The van der Waals surface area contributed by atoms with E-state index in [1.165, 1.54) is 0 Å². The van der Waals surface area contributed by atoms with Gasteiger partial charge in [-0.15, -0.1) is 0 Å². The van der Waals surface area contributed by atoms with Gasteiger partial charge in [0, 0.05) is 12.8 Å². The first-order chi connectivity index (χ1) is 13.4. The number of hydrogen-bond donors (Lipinski definition) is 0. The fraction of sp³-hybridized carbons (Fsp3) is 0.909. The normalized spacial score (nSPS) is 12.1. The third kappa shape index (κ3) is 9.87. The molecule has 0 radical (unpaired) electrons. The molecule has 0 aliphatic carbocycles. The van der Waals surface area contributed by atoms with Crippen LogP contribution in [0.4, 0.5) is 0 Å². The first-order valence-corrected chi connectivity index (χ1v) is 11.4. The van der Waals surface area contributed by atoms with E-state index in [0.29, 0.717) is 38.9 Å². The van der Waals surface area contributed by atoms with E-state index in [4.69, 9.17) is 9.47 Å². The average molecular weight is 403 g/mol. The van der Waals surface area contributed by atoms with Gasteiger partial charge < -0.3 is 18.4 Å². The summed E-state index contributed by atoms with van der Waals surface area (Å²) in [6.07, 6.45) is 2.09. The molecule has 6 heteroatoms. The predicted octanol–water partition coefficient (Wildman–Crippen LogP) is 3.39. The summed E-state index contributed by atoms with van der Waals surface area (Å²) in [5.41, 5.74) is 0. The third-order valence-electron chi connectivity index (χ3n) is 6.69. The SMILES string of the molecule is CC[N+](CC)(CC)CCOC(=O)CCCCC(=O)OCC[N+](CC)(CC)CC. The van der Waals surface area contributed by atoms with E-state index in [0.717, 1.165) is 61.3 Å². The summed E-state index contributed by atoms with van der Waals surface area (Å²) in [4.78, 5) is 23.7. The van der Waals surface area contributed by atoms with Gasteiger partial charge in [-0.05, 0) is 54.4 Å². The van der Waals surface area contributed by atoms with E-state index in [-0.39, 0.29) is 11.9 Å². The van der Waals surface area contributed by atoms with Gasteiger partial charge in [0.2, 0.25) is 0 Å². The highest BCUT2D eigenvalue weighted by Crippen LogP contribution is 2.08. The molecule has 0 N–H and O–H groups in total. The van der Waals surface area contributed by atoms with E-state index in [2.05, 4.69) is 41.5 Å². The molecule has 0 saturated heterocycles. The molecule has 0 rings (SSSR count). The van der Waals surface area contributed by atoms with Gasteiger partial charge >= 0.3 is 11.9 Å². The molecule has 0 aromatic carbocycles. The van der Waals surface area contributed by atoms with Crippen LogP contribution in [0.2, 0.25) is 0 Å². The molecule has 28 heavy (non-hydrogen) atoms. The molecule has 6 nitrogen and oxygen atoms in total. The lowest BCUT2D eigenvalue weighted by Gasteiger charge is -2.35. The van der Waals surface area contributed by atoms with E-state index < -0.39 is 0 Å². The molecule has 0 aliphatic rings. The summed E-state index contributed by atoms with van der Waals surface area (Å²) < 4.78 is 12.7. The Balaban J connectivity index is 3.89. The zero-order valence-electron chi connectivity index (χ0n) is 19.4. The Morgan fingerprint density at radius 2 is 0.857 bits per heavy atom. The fourth-order valence-corrected chi connectivity index (χ4v) is 3.68. The van der Waals surface area contributed by atoms with Crippen LogP contribution in [0.3, 0.4) is 0 Å². The Morgan fingerprint density at radius 3 is 1.11 bits per heavy atom. The van der Waals surface area contributed by atoms with Gasteiger partial charge in [-0.25, -0.2) is 0 Å². The van der Waals surface area contributed by atoms with Crippen LogP contribution in [0.5, 0.6) is 0 Å². The Morgan fingerprint density at radius 1 is 0.571 bits per heavy atom. The van der Waals surface area contributed by atoms with Gasteiger partial charge in [0.15, 0.2) is 0 Å². The van der Waals surface area contributed by atoms with E-state index in [1.54, 1.807) is 0 Å². The monoisotopic (exact) mass is 402 g/mol. The number of nitrogens with zero attached hydrogens (tertiary/aromatic N) is 2. The number of hydrogen-bond acceptors (Lipinski definition) is 4. The quantitative estimate of drug-likeness (QED) is 0.213. The Hall–Kier alpha value is -1.14. The summed E-state index contributed by atoms with van der Waals surface area (Å²) in [7, 11) is 0. The van der Waals surface area contributed by atoms with Gasteiger partial charge in [0.25, 0.3) is 0 Å². The minimum absolute atomic E-state index is 0.161. The van der Waals surface area contributed by atoms with Crippen molar-refractivity contribution in [3.05, 3.63) is 0 Å². The molecule has 0 spiro atoms. The molecular formula is C22H46N2O4+2. The molecule has 0 fully saturated rings. The summed E-state index contributed by atoms with van der Waals surface area (Å²) in [6, 6.07) is 0. The molecule has 0 heterocycles. The maximum absolute atomic E-state index is 11.9. The standard InChI is InChI=1S/C22H46N2O4/c1-7-23(8-2,9-3)17-19-27-21(25)15-13-14-16-22(26)28-20-18-24(10-4,11-5)12-6/h7-20H2,1-6H3/q+2. The number of carbonyl (C=O) groups excluding carboxylic acids is 2. The minimum Gasteiger partial charge on any atom is -0.460 e. The van der Waals surface area contributed by atoms with Crippen LogP contribution in [-0.4, -0.2) is 86.5 Å². The zero-order chi connectivity index (χ0) is 21.5. The fourth-order valence-electron chi connectivity index (χ4n) is 3.68. The maximum Gasteiger partial charge on any atom is 0.305 e. The van der Waals surface area contributed by atoms with Crippen molar-refractivity contribution in [2.24, 2.45) is 0 Å². The van der Waals surface area contributed by atoms with Crippen LogP contribution in [0.25, 0.3) is 0 Å². The van der Waals surface area contributed by atoms with Crippen LogP contribution in [0, 0.1) is 0 Å². The molecule has 0 saturated carbocycles. The topological polar surface area (TPSA) is 52.6 Å². The first-order valence-electron chi connectivity index (χ1n) is 11.4. The lowest BCUT2D eigenvalue weighted by Crippen LogP contribution is -2.49. The smallest absolute Gasteiger partial charge is 0.305 e. The van der Waals surface area contributed by atoms with Crippen LogP contribution in [0.1, 0.15) is 67.2 Å². The number of rotatable bonds is 17. The van der Waals surface area contributed by atoms with E-state index >= 15 is 0 Å². The molecule has 0 atom stereocenters. The van der Waals surface area contributed by atoms with E-state index in [9.17, 15) is 9.59 Å². The highest BCUT2D eigenvalue weighted by atomic mass is 16.5. The summed E-state index contributed by atoms with van der Waals surface area (Å²) in [5, 5.41) is 0. The van der Waals surface area contributed by atoms with Crippen molar-refractivity contribution in [2.45, 2.75) is 67.2 Å². The molecule has 0 bridgehead atoms. The summed E-state index contributed by atoms with van der Waals surface area (Å²) in [6.45, 7) is 22.1. The molecular weight excluding hydrogens is 356 g/mol. The average Bonchev–Trinajstić information content (AvgIpc) is 2.72. The van der Waals surface area contributed by atoms with Crippen molar-refractivity contribution >= 4 is 11.9 Å². The number of quaternary nitrogens is 2. The van der Waals surface area contributed by atoms with Crippen molar-refractivity contribution in [2.75, 3.05) is 65.6 Å². The van der Waals surface area contributed by atoms with Gasteiger partial charge in [0.1, 0.15) is 26.3 Å². The number of likely N-dealkylation sites (N-methyl/N-ethyl adjacent to an activating group) is 2. The second-order valence-electron chi connectivity index (χ2n) is 7.68. The lowest BCUT2D eigenvalue weighted by molar-refractivity contribution is -0.923. The zero-order valence-corrected chi connectivity index (χ0v) is 19.4. The van der Waals surface area contributed by atoms with Crippen molar-refractivity contribution in [1.29, 1.82) is 0 Å². The first kappa shape index (κ1) is 26.9. The van der Waals surface area contributed by atoms with Crippen molar-refractivity contribution in [1.82, 2.24) is 0 Å². The number of ether oxygens (including phenoxy) is 2. The maximum atomic E-state index is 11.9. The van der Waals surface area contributed by atoms with Gasteiger partial charge in [0.05, 0.1) is 39.3 Å². The Bertz CT molecular complexity index is 376. The summed E-state index contributed by atoms with van der Waals surface area (Å²) in [5.74, 6) is -0.323. The molecule has 166 valence electrons. The summed E-state index contributed by atoms with van der Waals surface area (Å²) >= 11 is 0. The van der Waals surface area contributed by atoms with Crippen molar-refractivity contribution in [3.63, 3.8) is 0 Å². The molecule has 0 amide bonds. The second-order valence-corrected chi connectivity index (χ2v) is 7.68. The van der Waals surface area contributed by atoms with Crippen molar-refractivity contribution in [3.8, 4) is 0 Å². The molecule has 0 aromatic rings. The highest BCUT2D eigenvalue weighted by Gasteiger charge is 2.22. The largest absolute Gasteiger partial charge is 0.460 e. The Kier molecular flexibility index (Phi) is 14.2. The van der Waals surface area contributed by atoms with E-state index in [1.807, 2.05) is 0 Å². The lowest BCUT2D eigenvalue weighted by atomic mass is 10.2. The molecule has 0 aromatic heterocycles. The van der Waals surface area contributed by atoms with Gasteiger partial charge in [-0.1, -0.05) is 0 Å². The minimum atomic E-state index is -0.161. The predicted molar refractivity (Wildman–Crippen MR) is 114 cm³/mol. The number of unbranched alkanes of at least 4 members (excludes halogenated alkanes) is 1. The molecule has 0 unspecified atom stereocenters. The van der Waals surface area contributed by atoms with Crippen LogP contribution in [0.15, 0.2) is 0 Å². The number of carbonyl (C=O) groups is 2. The molecule has 0 aliphatic heterocycles. The van der Waals surface area contributed by atoms with Crippen LogP contribution in [-0.2, 0) is 19.1 Å². The number of esters is 2. The van der Waals surface area contributed by atoms with Crippen LogP contribution < -0.4 is 0 Å². The third-order valence-corrected chi connectivity index (χ3v) is 6.69. The highest BCUT2D eigenvalue weighted by molar-refractivity contribution is 5.70.